The molecule has 110 valence electrons. The molecule has 3 amide bonds. The Morgan fingerprint density at radius 2 is 1.89 bits per heavy atom. The second-order valence-corrected chi connectivity index (χ2v) is 4.17. The van der Waals surface area contributed by atoms with Crippen molar-refractivity contribution < 1.29 is 19.5 Å². The normalized spacial score (nSPS) is 11.5. The summed E-state index contributed by atoms with van der Waals surface area (Å²) in [7, 11) is 1.48. The van der Waals surface area contributed by atoms with Gasteiger partial charge in [0.2, 0.25) is 5.91 Å². The molecule has 0 heterocycles. The zero-order valence-electron chi connectivity index (χ0n) is 11.7. The van der Waals surface area contributed by atoms with Crippen LogP contribution in [0.1, 0.15) is 33.1 Å². The van der Waals surface area contributed by atoms with Crippen LogP contribution in [0.15, 0.2) is 0 Å². The molecule has 0 fully saturated rings. The van der Waals surface area contributed by atoms with Crippen LogP contribution < -0.4 is 10.6 Å². The van der Waals surface area contributed by atoms with Crippen molar-refractivity contribution in [1.82, 2.24) is 15.5 Å². The maximum Gasteiger partial charge on any atom is 0.326 e. The van der Waals surface area contributed by atoms with Crippen molar-refractivity contribution in [3.8, 4) is 0 Å². The molecule has 0 saturated heterocycles. The van der Waals surface area contributed by atoms with Gasteiger partial charge in [-0.25, -0.2) is 9.59 Å². The van der Waals surface area contributed by atoms with Gasteiger partial charge < -0.3 is 20.6 Å². The zero-order chi connectivity index (χ0) is 14.8. The molecule has 0 aliphatic heterocycles. The fourth-order valence-electron chi connectivity index (χ4n) is 1.49. The number of hydrogen-bond acceptors (Lipinski definition) is 3. The average Bonchev–Trinajstić information content (AvgIpc) is 2.39. The molecule has 0 radical (unpaired) electrons. The topological polar surface area (TPSA) is 98.7 Å². The number of carbonyl (C=O) groups excluding carboxylic acids is 2. The highest BCUT2D eigenvalue weighted by molar-refractivity contribution is 5.86. The summed E-state index contributed by atoms with van der Waals surface area (Å²) < 4.78 is 0. The molecule has 0 bridgehead atoms. The summed E-state index contributed by atoms with van der Waals surface area (Å²) in [5.74, 6) is -1.35. The first-order chi connectivity index (χ1) is 8.96. The number of carboxylic acids is 1. The predicted molar refractivity (Wildman–Crippen MR) is 70.8 cm³/mol. The molecule has 0 rings (SSSR count). The molecular formula is C12H23N3O4. The van der Waals surface area contributed by atoms with Gasteiger partial charge in [0, 0.05) is 13.6 Å². The summed E-state index contributed by atoms with van der Waals surface area (Å²) in [4.78, 5) is 35.4. The van der Waals surface area contributed by atoms with E-state index in [1.807, 2.05) is 6.92 Å². The van der Waals surface area contributed by atoms with Gasteiger partial charge in [0.25, 0.3) is 0 Å². The monoisotopic (exact) mass is 273 g/mol. The lowest BCUT2D eigenvalue weighted by molar-refractivity contribution is -0.139. The first-order valence-electron chi connectivity index (χ1n) is 6.45. The Morgan fingerprint density at radius 3 is 2.32 bits per heavy atom. The highest BCUT2D eigenvalue weighted by Gasteiger charge is 2.22. The number of carbonyl (C=O) groups is 3. The molecule has 1 atom stereocenters. The quantitative estimate of drug-likeness (QED) is 0.596. The lowest BCUT2D eigenvalue weighted by Gasteiger charge is -2.23. The number of amides is 3. The number of urea groups is 1. The number of aliphatic carboxylic acids is 1. The summed E-state index contributed by atoms with van der Waals surface area (Å²) in [5.41, 5.74) is 0. The van der Waals surface area contributed by atoms with Crippen molar-refractivity contribution in [2.24, 2.45) is 0 Å². The first kappa shape index (κ1) is 17.2. The van der Waals surface area contributed by atoms with Crippen molar-refractivity contribution in [3.63, 3.8) is 0 Å². The Balaban J connectivity index is 4.50. The largest absolute Gasteiger partial charge is 0.480 e. The predicted octanol–water partition coefficient (Wildman–Crippen LogP) is 0.407. The molecule has 7 nitrogen and oxygen atoms in total. The maximum atomic E-state index is 11.9. The van der Waals surface area contributed by atoms with Crippen molar-refractivity contribution in [2.75, 3.05) is 20.1 Å². The number of rotatable bonds is 8. The van der Waals surface area contributed by atoms with Gasteiger partial charge in [-0.15, -0.1) is 0 Å². The Labute approximate surface area is 113 Å². The molecule has 0 spiro atoms. The van der Waals surface area contributed by atoms with Gasteiger partial charge in [-0.3, -0.25) is 4.79 Å². The van der Waals surface area contributed by atoms with Crippen LogP contribution in [0, 0.1) is 0 Å². The lowest BCUT2D eigenvalue weighted by Crippen LogP contribution is -2.50. The second kappa shape index (κ2) is 9.18. The van der Waals surface area contributed by atoms with Crippen LogP contribution in [0.25, 0.3) is 0 Å². The van der Waals surface area contributed by atoms with Gasteiger partial charge >= 0.3 is 12.0 Å². The van der Waals surface area contributed by atoms with Gasteiger partial charge in [0.05, 0.1) is 0 Å². The van der Waals surface area contributed by atoms with Crippen molar-refractivity contribution in [3.05, 3.63) is 0 Å². The zero-order valence-corrected chi connectivity index (χ0v) is 11.7. The first-order valence-corrected chi connectivity index (χ1v) is 6.45. The summed E-state index contributed by atoms with van der Waals surface area (Å²) >= 11 is 0. The number of hydrogen-bond donors (Lipinski definition) is 3. The van der Waals surface area contributed by atoms with Crippen LogP contribution >= 0.6 is 0 Å². The van der Waals surface area contributed by atoms with Crippen molar-refractivity contribution >= 4 is 17.9 Å². The highest BCUT2D eigenvalue weighted by Crippen LogP contribution is 2.02. The van der Waals surface area contributed by atoms with Gasteiger partial charge in [-0.05, 0) is 13.3 Å². The van der Waals surface area contributed by atoms with Gasteiger partial charge in [0.1, 0.15) is 12.6 Å². The van der Waals surface area contributed by atoms with Gasteiger partial charge in [-0.1, -0.05) is 19.8 Å². The van der Waals surface area contributed by atoms with E-state index >= 15 is 0 Å². The molecular weight excluding hydrogens is 250 g/mol. The smallest absolute Gasteiger partial charge is 0.326 e. The summed E-state index contributed by atoms with van der Waals surface area (Å²) in [6, 6.07) is -1.44. The van der Waals surface area contributed by atoms with Crippen LogP contribution in [0.2, 0.25) is 0 Å². The van der Waals surface area contributed by atoms with E-state index in [1.165, 1.54) is 11.9 Å². The number of nitrogens with zero attached hydrogens (tertiary/aromatic N) is 1. The minimum atomic E-state index is -1.06. The average molecular weight is 273 g/mol. The third-order valence-electron chi connectivity index (χ3n) is 2.72. The van der Waals surface area contributed by atoms with Gasteiger partial charge in [0.15, 0.2) is 0 Å². The van der Waals surface area contributed by atoms with Crippen LogP contribution in [0.3, 0.4) is 0 Å². The Bertz CT molecular complexity index is 320. The second-order valence-electron chi connectivity index (χ2n) is 4.17. The van der Waals surface area contributed by atoms with E-state index in [1.54, 1.807) is 6.92 Å². The minimum Gasteiger partial charge on any atom is -0.480 e. The van der Waals surface area contributed by atoms with E-state index in [0.29, 0.717) is 13.0 Å². The Hall–Kier alpha value is -1.79. The summed E-state index contributed by atoms with van der Waals surface area (Å²) in [6.07, 6.45) is 1.96. The molecule has 7 heteroatoms. The van der Waals surface area contributed by atoms with E-state index in [9.17, 15) is 14.4 Å². The number of nitrogens with one attached hydrogen (secondary N) is 2. The molecule has 0 aliphatic carbocycles. The fourth-order valence-corrected chi connectivity index (χ4v) is 1.49. The van der Waals surface area contributed by atoms with E-state index in [-0.39, 0.29) is 12.5 Å². The molecule has 0 aromatic heterocycles. The minimum absolute atomic E-state index is 0.0844. The third kappa shape index (κ3) is 6.64. The van der Waals surface area contributed by atoms with E-state index < -0.39 is 18.0 Å². The lowest BCUT2D eigenvalue weighted by atomic mass is 10.1. The Kier molecular flexibility index (Phi) is 8.32. The van der Waals surface area contributed by atoms with Crippen LogP contribution in [0.4, 0.5) is 4.79 Å². The molecule has 19 heavy (non-hydrogen) atoms. The molecule has 0 saturated carbocycles. The molecule has 0 aromatic carbocycles. The van der Waals surface area contributed by atoms with Crippen molar-refractivity contribution in [2.45, 2.75) is 39.2 Å². The molecule has 3 N–H and O–H groups in total. The van der Waals surface area contributed by atoms with E-state index in [4.69, 9.17) is 5.11 Å². The summed E-state index contributed by atoms with van der Waals surface area (Å²) in [5, 5.41) is 13.9. The highest BCUT2D eigenvalue weighted by atomic mass is 16.4. The fraction of sp³-hybridized carbons (Fsp3) is 0.750. The Morgan fingerprint density at radius 1 is 1.26 bits per heavy atom. The van der Waals surface area contributed by atoms with E-state index in [0.717, 1.165) is 12.8 Å². The molecule has 0 aliphatic rings. The van der Waals surface area contributed by atoms with Gasteiger partial charge in [-0.2, -0.15) is 0 Å². The van der Waals surface area contributed by atoms with Crippen LogP contribution in [0.5, 0.6) is 0 Å². The number of likely N-dealkylation sites (N-methyl/N-ethyl adjacent to an activating group) is 2. The van der Waals surface area contributed by atoms with E-state index in [2.05, 4.69) is 10.6 Å². The SMILES string of the molecule is CCCCC(NC(=O)N(CC)CC(=O)NC)C(=O)O. The molecule has 0 aromatic rings. The standard InChI is InChI=1S/C12H23N3O4/c1-4-6-7-9(11(17)18)14-12(19)15(5-2)8-10(16)13-3/h9H,4-8H2,1-3H3,(H,13,16)(H,14,19)(H,17,18). The maximum absolute atomic E-state index is 11.9. The van der Waals surface area contributed by atoms with Crippen LogP contribution in [-0.4, -0.2) is 54.1 Å². The number of carboxylic acid groups (broad SMARTS) is 1. The summed E-state index contributed by atoms with van der Waals surface area (Å²) in [6.45, 7) is 3.92. The third-order valence-corrected chi connectivity index (χ3v) is 2.72. The molecule has 1 unspecified atom stereocenters. The van der Waals surface area contributed by atoms with Crippen molar-refractivity contribution in [1.29, 1.82) is 0 Å². The van der Waals surface area contributed by atoms with Crippen LogP contribution in [-0.2, 0) is 9.59 Å². The number of unbranched alkanes of at least 4 members (excludes halogenated alkanes) is 1.